The molecule has 0 fully saturated rings. The van der Waals surface area contributed by atoms with Gasteiger partial charge in [-0.3, -0.25) is 4.79 Å². The van der Waals surface area contributed by atoms with Gasteiger partial charge in [0.25, 0.3) is 5.56 Å². The van der Waals surface area contributed by atoms with Gasteiger partial charge in [0.1, 0.15) is 5.76 Å². The molecule has 0 atom stereocenters. The predicted octanol–water partition coefficient (Wildman–Crippen LogP) is 4.84. The second-order valence-corrected chi connectivity index (χ2v) is 7.84. The minimum atomic E-state index is -0.319. The van der Waals surface area contributed by atoms with Gasteiger partial charge < -0.3 is 15.2 Å². The fourth-order valence-corrected chi connectivity index (χ4v) is 3.90. The highest BCUT2D eigenvalue weighted by Gasteiger charge is 2.10. The standard InChI is InChI=1S/C22H20N4O3S/c1-14-6-5-7-16(10-14)24-22(28)25-18-8-3-4-9-19(18)30-13-17-12-21(27)26-20(23-17)11-15(2)29-26/h3-12H,13H2,1-2H3,(H2,24,25,28). The van der Waals surface area contributed by atoms with Crippen LogP contribution >= 0.6 is 11.8 Å². The first-order chi connectivity index (χ1) is 14.5. The Bertz CT molecular complexity index is 1280. The van der Waals surface area contributed by atoms with Crippen LogP contribution in [-0.4, -0.2) is 15.6 Å². The Morgan fingerprint density at radius 2 is 1.90 bits per heavy atom. The van der Waals surface area contributed by atoms with E-state index >= 15 is 0 Å². The lowest BCUT2D eigenvalue weighted by Gasteiger charge is -2.12. The summed E-state index contributed by atoms with van der Waals surface area (Å²) in [6, 6.07) is 18.0. The van der Waals surface area contributed by atoms with Gasteiger partial charge in [0.2, 0.25) is 0 Å². The Balaban J connectivity index is 1.47. The summed E-state index contributed by atoms with van der Waals surface area (Å²) >= 11 is 1.49. The first kappa shape index (κ1) is 19.8. The van der Waals surface area contributed by atoms with Gasteiger partial charge in [0.15, 0.2) is 5.65 Å². The summed E-state index contributed by atoms with van der Waals surface area (Å²) < 4.78 is 6.49. The molecule has 0 radical (unpaired) electrons. The first-order valence-corrected chi connectivity index (χ1v) is 10.3. The van der Waals surface area contributed by atoms with Crippen molar-refractivity contribution in [3.63, 3.8) is 0 Å². The number of rotatable bonds is 5. The number of aryl methyl sites for hydroxylation is 2. The molecular formula is C22H20N4O3S. The molecule has 0 aliphatic heterocycles. The molecule has 2 N–H and O–H groups in total. The van der Waals surface area contributed by atoms with E-state index < -0.39 is 0 Å². The number of amides is 2. The molecule has 0 saturated heterocycles. The highest BCUT2D eigenvalue weighted by atomic mass is 32.2. The summed E-state index contributed by atoms with van der Waals surface area (Å²) in [5.74, 6) is 1.10. The average molecular weight is 420 g/mol. The van der Waals surface area contributed by atoms with Gasteiger partial charge in [-0.05, 0) is 43.7 Å². The summed E-state index contributed by atoms with van der Waals surface area (Å²) in [4.78, 5) is 30.0. The smallest absolute Gasteiger partial charge is 0.323 e. The Morgan fingerprint density at radius 3 is 2.73 bits per heavy atom. The average Bonchev–Trinajstić information content (AvgIpc) is 3.08. The summed E-state index contributed by atoms with van der Waals surface area (Å²) in [5.41, 5.74) is 3.35. The molecule has 2 amide bonds. The van der Waals surface area contributed by atoms with Crippen molar-refractivity contribution in [1.82, 2.24) is 9.56 Å². The zero-order valence-electron chi connectivity index (χ0n) is 16.5. The Hall–Kier alpha value is -3.52. The third kappa shape index (κ3) is 4.55. The molecule has 0 bridgehead atoms. The van der Waals surface area contributed by atoms with E-state index in [0.29, 0.717) is 28.5 Å². The zero-order valence-corrected chi connectivity index (χ0v) is 17.3. The second kappa shape index (κ2) is 8.46. The van der Waals surface area contributed by atoms with Crippen molar-refractivity contribution < 1.29 is 9.32 Å². The zero-order chi connectivity index (χ0) is 21.1. The van der Waals surface area contributed by atoms with E-state index in [2.05, 4.69) is 15.6 Å². The lowest BCUT2D eigenvalue weighted by atomic mass is 10.2. The number of urea groups is 1. The SMILES string of the molecule is Cc1cccc(NC(=O)Nc2ccccc2SCc2cc(=O)n3oc(C)cc3n2)c1. The lowest BCUT2D eigenvalue weighted by Crippen LogP contribution is -2.19. The first-order valence-electron chi connectivity index (χ1n) is 9.34. The summed E-state index contributed by atoms with van der Waals surface area (Å²) in [7, 11) is 0. The molecule has 2 aromatic heterocycles. The number of anilines is 2. The van der Waals surface area contributed by atoms with Gasteiger partial charge in [-0.15, -0.1) is 16.3 Å². The Labute approximate surface area is 177 Å². The number of carbonyl (C=O) groups excluding carboxylic acids is 1. The van der Waals surface area contributed by atoms with E-state index in [1.807, 2.05) is 55.5 Å². The van der Waals surface area contributed by atoms with E-state index in [1.54, 1.807) is 13.0 Å². The van der Waals surface area contributed by atoms with Crippen molar-refractivity contribution in [2.24, 2.45) is 0 Å². The minimum Gasteiger partial charge on any atom is -0.375 e. The van der Waals surface area contributed by atoms with Crippen LogP contribution in [0.3, 0.4) is 0 Å². The van der Waals surface area contributed by atoms with E-state index in [9.17, 15) is 9.59 Å². The number of carbonyl (C=O) groups is 1. The fourth-order valence-electron chi connectivity index (χ4n) is 3.00. The van der Waals surface area contributed by atoms with Crippen LogP contribution < -0.4 is 16.2 Å². The molecule has 2 aromatic carbocycles. The summed E-state index contributed by atoms with van der Waals surface area (Å²) in [6.45, 7) is 3.74. The third-order valence-electron chi connectivity index (χ3n) is 4.31. The molecule has 0 spiro atoms. The van der Waals surface area contributed by atoms with Crippen molar-refractivity contribution in [3.05, 3.63) is 88.0 Å². The maximum absolute atomic E-state index is 12.4. The molecule has 7 nitrogen and oxygen atoms in total. The summed E-state index contributed by atoms with van der Waals surface area (Å²) in [6.07, 6.45) is 0. The van der Waals surface area contributed by atoms with Gasteiger partial charge in [-0.2, -0.15) is 0 Å². The highest BCUT2D eigenvalue weighted by Crippen LogP contribution is 2.29. The van der Waals surface area contributed by atoms with Crippen LogP contribution in [0.5, 0.6) is 0 Å². The second-order valence-electron chi connectivity index (χ2n) is 6.82. The van der Waals surface area contributed by atoms with Crippen molar-refractivity contribution in [2.75, 3.05) is 10.6 Å². The number of aromatic nitrogens is 2. The van der Waals surface area contributed by atoms with Gasteiger partial charge in [-0.1, -0.05) is 24.3 Å². The molecule has 4 rings (SSSR count). The third-order valence-corrected chi connectivity index (χ3v) is 5.42. The predicted molar refractivity (Wildman–Crippen MR) is 118 cm³/mol. The number of nitrogens with one attached hydrogen (secondary N) is 2. The number of para-hydroxylation sites is 1. The van der Waals surface area contributed by atoms with Crippen LogP contribution in [0.1, 0.15) is 17.0 Å². The normalized spacial score (nSPS) is 10.9. The maximum Gasteiger partial charge on any atom is 0.323 e. The molecule has 30 heavy (non-hydrogen) atoms. The van der Waals surface area contributed by atoms with Gasteiger partial charge in [-0.25, -0.2) is 9.78 Å². The number of benzene rings is 2. The van der Waals surface area contributed by atoms with Crippen LogP contribution in [0.25, 0.3) is 5.65 Å². The number of hydrogen-bond acceptors (Lipinski definition) is 5. The molecule has 0 unspecified atom stereocenters. The van der Waals surface area contributed by atoms with E-state index in [-0.39, 0.29) is 11.6 Å². The van der Waals surface area contributed by atoms with Crippen LogP contribution in [0.4, 0.5) is 16.2 Å². The number of thioether (sulfide) groups is 1. The molecule has 4 aromatic rings. The highest BCUT2D eigenvalue weighted by molar-refractivity contribution is 7.98. The van der Waals surface area contributed by atoms with Crippen LogP contribution in [-0.2, 0) is 5.75 Å². The number of hydrogen-bond donors (Lipinski definition) is 2. The van der Waals surface area contributed by atoms with Crippen LogP contribution in [0, 0.1) is 13.8 Å². The molecular weight excluding hydrogens is 400 g/mol. The topological polar surface area (TPSA) is 88.6 Å². The summed E-state index contributed by atoms with van der Waals surface area (Å²) in [5, 5.41) is 5.72. The molecule has 152 valence electrons. The van der Waals surface area contributed by atoms with Crippen molar-refractivity contribution in [3.8, 4) is 0 Å². The molecule has 0 saturated carbocycles. The number of fused-ring (bicyclic) bond motifs is 1. The molecule has 0 aliphatic carbocycles. The van der Waals surface area contributed by atoms with Gasteiger partial charge in [0.05, 0.1) is 11.4 Å². The van der Waals surface area contributed by atoms with E-state index in [4.69, 9.17) is 4.52 Å². The van der Waals surface area contributed by atoms with E-state index in [0.717, 1.165) is 16.1 Å². The Morgan fingerprint density at radius 1 is 1.07 bits per heavy atom. The molecule has 0 aliphatic rings. The molecule has 8 heteroatoms. The van der Waals surface area contributed by atoms with Crippen LogP contribution in [0.15, 0.2) is 74.9 Å². The Kier molecular flexibility index (Phi) is 5.58. The van der Waals surface area contributed by atoms with E-state index in [1.165, 1.54) is 22.4 Å². The lowest BCUT2D eigenvalue weighted by molar-refractivity contribution is 0.262. The van der Waals surface area contributed by atoms with Crippen molar-refractivity contribution in [2.45, 2.75) is 24.5 Å². The number of nitrogens with zero attached hydrogens (tertiary/aromatic N) is 2. The van der Waals surface area contributed by atoms with Crippen molar-refractivity contribution >= 4 is 34.8 Å². The van der Waals surface area contributed by atoms with Gasteiger partial charge in [0, 0.05) is 28.5 Å². The molecule has 2 heterocycles. The minimum absolute atomic E-state index is 0.257. The maximum atomic E-state index is 12.4. The largest absolute Gasteiger partial charge is 0.375 e. The fraction of sp³-hybridized carbons (Fsp3) is 0.136. The van der Waals surface area contributed by atoms with Crippen LogP contribution in [0.2, 0.25) is 0 Å². The quantitative estimate of drug-likeness (QED) is 0.451. The van der Waals surface area contributed by atoms with Crippen molar-refractivity contribution in [1.29, 1.82) is 0 Å². The van der Waals surface area contributed by atoms with Gasteiger partial charge >= 0.3 is 6.03 Å². The monoisotopic (exact) mass is 420 g/mol.